The first-order valence-corrected chi connectivity index (χ1v) is 7.97. The predicted octanol–water partition coefficient (Wildman–Crippen LogP) is 5.52. The van der Waals surface area contributed by atoms with Crippen LogP contribution in [0, 0.1) is 0 Å². The van der Waals surface area contributed by atoms with E-state index in [0.717, 1.165) is 16.6 Å². The molecule has 1 N–H and O–H groups in total. The summed E-state index contributed by atoms with van der Waals surface area (Å²) in [6, 6.07) is 7.82. The third-order valence-corrected chi connectivity index (χ3v) is 4.91. The second kappa shape index (κ2) is 6.40. The zero-order chi connectivity index (χ0) is 13.1. The van der Waals surface area contributed by atoms with Crippen LogP contribution in [-0.4, -0.2) is 6.54 Å². The van der Waals surface area contributed by atoms with Crippen molar-refractivity contribution in [2.45, 2.75) is 13.0 Å². The molecule has 0 amide bonds. The fraction of sp³-hybridized carbons (Fsp3) is 0.231. The van der Waals surface area contributed by atoms with Gasteiger partial charge in [0.05, 0.1) is 6.04 Å². The number of hydrogen-bond donors (Lipinski definition) is 1. The van der Waals surface area contributed by atoms with E-state index in [4.69, 9.17) is 23.2 Å². The lowest BCUT2D eigenvalue weighted by Crippen LogP contribution is -2.21. The number of halogens is 3. The normalized spacial score (nSPS) is 12.7. The van der Waals surface area contributed by atoms with Crippen LogP contribution in [0.2, 0.25) is 10.0 Å². The first-order chi connectivity index (χ1) is 8.61. The maximum Gasteiger partial charge on any atom is 0.0683 e. The molecule has 2 rings (SSSR count). The van der Waals surface area contributed by atoms with E-state index in [1.54, 1.807) is 17.4 Å². The summed E-state index contributed by atoms with van der Waals surface area (Å²) in [5, 5.41) is 6.85. The van der Waals surface area contributed by atoms with E-state index >= 15 is 0 Å². The number of benzene rings is 1. The van der Waals surface area contributed by atoms with Crippen LogP contribution in [0.25, 0.3) is 0 Å². The molecular weight excluding hydrogens is 353 g/mol. The Balaban J connectivity index is 2.44. The first-order valence-electron chi connectivity index (χ1n) is 5.54. The smallest absolute Gasteiger partial charge is 0.0683 e. The minimum Gasteiger partial charge on any atom is -0.306 e. The highest BCUT2D eigenvalue weighted by Gasteiger charge is 2.18. The molecule has 0 bridgehead atoms. The first kappa shape index (κ1) is 14.4. The molecule has 0 radical (unpaired) electrons. The Bertz CT molecular complexity index is 521. The summed E-state index contributed by atoms with van der Waals surface area (Å²) < 4.78 is 1.11. The fourth-order valence-corrected chi connectivity index (χ4v) is 4.07. The molecule has 1 nitrogen and oxygen atoms in total. The topological polar surface area (TPSA) is 12.0 Å². The SMILES string of the molecule is CCNC(c1cc(Cl)cc(Cl)c1)c1sccc1Br. The third kappa shape index (κ3) is 3.28. The summed E-state index contributed by atoms with van der Waals surface area (Å²) in [7, 11) is 0. The van der Waals surface area contributed by atoms with Crippen LogP contribution in [0.1, 0.15) is 23.4 Å². The molecule has 1 heterocycles. The number of rotatable bonds is 4. The second-order valence-electron chi connectivity index (χ2n) is 3.83. The molecule has 1 aromatic carbocycles. The van der Waals surface area contributed by atoms with E-state index in [9.17, 15) is 0 Å². The van der Waals surface area contributed by atoms with E-state index in [1.165, 1.54) is 4.88 Å². The van der Waals surface area contributed by atoms with Crippen LogP contribution in [0.4, 0.5) is 0 Å². The Morgan fingerprint density at radius 3 is 2.44 bits per heavy atom. The van der Waals surface area contributed by atoms with Crippen molar-refractivity contribution in [3.05, 3.63) is 54.6 Å². The maximum absolute atomic E-state index is 6.08. The average Bonchev–Trinajstić information content (AvgIpc) is 2.71. The van der Waals surface area contributed by atoms with Gasteiger partial charge in [0.25, 0.3) is 0 Å². The molecule has 1 atom stereocenters. The van der Waals surface area contributed by atoms with E-state index in [-0.39, 0.29) is 6.04 Å². The maximum atomic E-state index is 6.08. The van der Waals surface area contributed by atoms with E-state index in [2.05, 4.69) is 39.6 Å². The minimum absolute atomic E-state index is 0.112. The summed E-state index contributed by atoms with van der Waals surface area (Å²) in [5.41, 5.74) is 1.08. The van der Waals surface area contributed by atoms with Gasteiger partial charge in [-0.1, -0.05) is 30.1 Å². The second-order valence-corrected chi connectivity index (χ2v) is 6.50. The Kier molecular flexibility index (Phi) is 5.10. The van der Waals surface area contributed by atoms with Gasteiger partial charge in [0, 0.05) is 19.4 Å². The van der Waals surface area contributed by atoms with Crippen LogP contribution in [-0.2, 0) is 0 Å². The third-order valence-electron chi connectivity index (χ3n) is 2.53. The quantitative estimate of drug-likeness (QED) is 0.753. The largest absolute Gasteiger partial charge is 0.306 e. The molecule has 0 aliphatic rings. The number of thiophene rings is 1. The molecule has 0 spiro atoms. The molecule has 0 aliphatic heterocycles. The molecule has 0 fully saturated rings. The summed E-state index contributed by atoms with van der Waals surface area (Å²) in [6.45, 7) is 2.96. The van der Waals surface area contributed by atoms with Crippen molar-refractivity contribution in [1.82, 2.24) is 5.32 Å². The molecule has 18 heavy (non-hydrogen) atoms. The average molecular weight is 365 g/mol. The van der Waals surface area contributed by atoms with E-state index in [0.29, 0.717) is 10.0 Å². The molecule has 1 unspecified atom stereocenters. The highest BCUT2D eigenvalue weighted by Crippen LogP contribution is 2.35. The van der Waals surface area contributed by atoms with Gasteiger partial charge in [-0.25, -0.2) is 0 Å². The zero-order valence-electron chi connectivity index (χ0n) is 9.71. The Hall–Kier alpha value is -0.0600. The summed E-state index contributed by atoms with van der Waals surface area (Å²) in [6.07, 6.45) is 0. The molecule has 0 saturated heterocycles. The number of nitrogens with one attached hydrogen (secondary N) is 1. The highest BCUT2D eigenvalue weighted by atomic mass is 79.9. The summed E-state index contributed by atoms with van der Waals surface area (Å²) in [4.78, 5) is 1.23. The standard InChI is InChI=1S/C13H12BrCl2NS/c1-2-17-12(13-11(14)3-4-18-13)8-5-9(15)7-10(16)6-8/h3-7,12,17H,2H2,1H3. The molecule has 0 aliphatic carbocycles. The Morgan fingerprint density at radius 2 is 1.94 bits per heavy atom. The van der Waals surface area contributed by atoms with Gasteiger partial charge in [0.2, 0.25) is 0 Å². The van der Waals surface area contributed by atoms with Crippen molar-refractivity contribution >= 4 is 50.5 Å². The number of hydrogen-bond acceptors (Lipinski definition) is 2. The zero-order valence-corrected chi connectivity index (χ0v) is 13.6. The van der Waals surface area contributed by atoms with Crippen molar-refractivity contribution in [3.8, 4) is 0 Å². The molecule has 2 aromatic rings. The fourth-order valence-electron chi connectivity index (χ4n) is 1.82. The molecule has 96 valence electrons. The van der Waals surface area contributed by atoms with Gasteiger partial charge in [0.15, 0.2) is 0 Å². The van der Waals surface area contributed by atoms with Crippen LogP contribution >= 0.6 is 50.5 Å². The van der Waals surface area contributed by atoms with Gasteiger partial charge in [-0.2, -0.15) is 0 Å². The minimum atomic E-state index is 0.112. The van der Waals surface area contributed by atoms with Crippen LogP contribution in [0.3, 0.4) is 0 Å². The van der Waals surface area contributed by atoms with Gasteiger partial charge in [0.1, 0.15) is 0 Å². The Labute approximate surface area is 129 Å². The molecule has 1 aromatic heterocycles. The van der Waals surface area contributed by atoms with E-state index in [1.807, 2.05) is 12.1 Å². The van der Waals surface area contributed by atoms with E-state index < -0.39 is 0 Å². The predicted molar refractivity (Wildman–Crippen MR) is 84.0 cm³/mol. The summed E-state index contributed by atoms with van der Waals surface area (Å²) >= 11 is 17.4. The van der Waals surface area contributed by atoms with Gasteiger partial charge < -0.3 is 5.32 Å². The molecule has 0 saturated carbocycles. The van der Waals surface area contributed by atoms with Gasteiger partial charge in [-0.3, -0.25) is 0 Å². The van der Waals surface area contributed by atoms with Crippen molar-refractivity contribution in [1.29, 1.82) is 0 Å². The van der Waals surface area contributed by atoms with Crippen molar-refractivity contribution in [2.24, 2.45) is 0 Å². The summed E-state index contributed by atoms with van der Waals surface area (Å²) in [5.74, 6) is 0. The lowest BCUT2D eigenvalue weighted by molar-refractivity contribution is 0.638. The van der Waals surface area contributed by atoms with Gasteiger partial charge in [-0.05, 0) is 57.7 Å². The monoisotopic (exact) mass is 363 g/mol. The van der Waals surface area contributed by atoms with Gasteiger partial charge >= 0.3 is 0 Å². The van der Waals surface area contributed by atoms with Crippen molar-refractivity contribution < 1.29 is 0 Å². The molecular formula is C13H12BrCl2NS. The molecule has 5 heteroatoms. The Morgan fingerprint density at radius 1 is 1.28 bits per heavy atom. The lowest BCUT2D eigenvalue weighted by Gasteiger charge is -2.18. The highest BCUT2D eigenvalue weighted by molar-refractivity contribution is 9.10. The van der Waals surface area contributed by atoms with Crippen LogP contribution in [0.5, 0.6) is 0 Å². The van der Waals surface area contributed by atoms with Crippen molar-refractivity contribution in [3.63, 3.8) is 0 Å². The van der Waals surface area contributed by atoms with Crippen LogP contribution in [0.15, 0.2) is 34.1 Å². The van der Waals surface area contributed by atoms with Crippen molar-refractivity contribution in [2.75, 3.05) is 6.54 Å². The lowest BCUT2D eigenvalue weighted by atomic mass is 10.1. The van der Waals surface area contributed by atoms with Gasteiger partial charge in [-0.15, -0.1) is 11.3 Å². The van der Waals surface area contributed by atoms with Crippen LogP contribution < -0.4 is 5.32 Å².